The van der Waals surface area contributed by atoms with Gasteiger partial charge in [0.1, 0.15) is 0 Å². The highest BCUT2D eigenvalue weighted by atomic mass is 35.5. The van der Waals surface area contributed by atoms with E-state index in [0.29, 0.717) is 12.2 Å². The Labute approximate surface area is 105 Å². The van der Waals surface area contributed by atoms with Crippen molar-refractivity contribution in [2.45, 2.75) is 25.8 Å². The van der Waals surface area contributed by atoms with Crippen LogP contribution < -0.4 is 10.5 Å². The van der Waals surface area contributed by atoms with E-state index in [4.69, 9.17) is 10.5 Å². The van der Waals surface area contributed by atoms with Crippen molar-refractivity contribution in [3.8, 4) is 11.5 Å². The molecule has 0 fully saturated rings. The number of benzene rings is 1. The second-order valence-corrected chi connectivity index (χ2v) is 3.39. The molecule has 0 saturated carbocycles. The summed E-state index contributed by atoms with van der Waals surface area (Å²) in [6, 6.07) is 3.66. The average Bonchev–Trinajstić information content (AvgIpc) is 2.20. The Hall–Kier alpha value is -1.07. The number of hydrogen-bond acceptors (Lipinski definition) is 3. The molecular formula is C11H16ClF2NO2. The first-order valence-electron chi connectivity index (χ1n) is 5.04. The van der Waals surface area contributed by atoms with Crippen LogP contribution in [-0.4, -0.2) is 18.1 Å². The number of ether oxygens (including phenoxy) is 1. The van der Waals surface area contributed by atoms with Crippen LogP contribution in [0.2, 0.25) is 0 Å². The normalized spacial score (nSPS) is 12.1. The molecule has 0 aliphatic heterocycles. The molecule has 0 saturated heterocycles. The van der Waals surface area contributed by atoms with Gasteiger partial charge in [0.05, 0.1) is 6.61 Å². The van der Waals surface area contributed by atoms with E-state index in [0.717, 1.165) is 0 Å². The lowest BCUT2D eigenvalue weighted by atomic mass is 10.0. The van der Waals surface area contributed by atoms with Crippen molar-refractivity contribution >= 4 is 12.4 Å². The van der Waals surface area contributed by atoms with Crippen molar-refractivity contribution in [1.29, 1.82) is 0 Å². The molecular weight excluding hydrogens is 252 g/mol. The summed E-state index contributed by atoms with van der Waals surface area (Å²) in [7, 11) is 0. The molecule has 0 bridgehead atoms. The maximum Gasteiger partial charge on any atom is 0.240 e. The summed E-state index contributed by atoms with van der Waals surface area (Å²) in [6.45, 7) is 2.16. The van der Waals surface area contributed by atoms with Crippen LogP contribution in [0.3, 0.4) is 0 Å². The van der Waals surface area contributed by atoms with Crippen molar-refractivity contribution < 1.29 is 18.6 Å². The molecule has 0 amide bonds. The maximum atomic E-state index is 12.1. The Morgan fingerprint density at radius 1 is 1.41 bits per heavy atom. The zero-order valence-corrected chi connectivity index (χ0v) is 10.2. The molecule has 0 heterocycles. The van der Waals surface area contributed by atoms with E-state index in [1.165, 1.54) is 18.2 Å². The van der Waals surface area contributed by atoms with Crippen LogP contribution in [0.1, 0.15) is 24.9 Å². The molecule has 98 valence electrons. The van der Waals surface area contributed by atoms with Gasteiger partial charge in [-0.05, 0) is 24.6 Å². The first-order chi connectivity index (χ1) is 7.54. The fourth-order valence-corrected chi connectivity index (χ4v) is 1.36. The zero-order chi connectivity index (χ0) is 12.1. The van der Waals surface area contributed by atoms with Gasteiger partial charge in [0.25, 0.3) is 0 Å². The van der Waals surface area contributed by atoms with Crippen LogP contribution in [0.5, 0.6) is 11.5 Å². The number of hydrogen-bond donors (Lipinski definition) is 2. The second kappa shape index (κ2) is 7.29. The van der Waals surface area contributed by atoms with E-state index in [1.807, 2.05) is 0 Å². The van der Waals surface area contributed by atoms with E-state index < -0.39 is 18.9 Å². The lowest BCUT2D eigenvalue weighted by Crippen LogP contribution is -2.14. The molecule has 17 heavy (non-hydrogen) atoms. The quantitative estimate of drug-likeness (QED) is 0.862. The smallest absolute Gasteiger partial charge is 0.240 e. The SMILES string of the molecule is CCOc1cc([C@@H](N)CC(F)F)ccc1O.Cl. The number of halogens is 3. The lowest BCUT2D eigenvalue weighted by Gasteiger charge is -2.13. The summed E-state index contributed by atoms with van der Waals surface area (Å²) >= 11 is 0. The highest BCUT2D eigenvalue weighted by Gasteiger charge is 2.14. The zero-order valence-electron chi connectivity index (χ0n) is 9.40. The molecule has 1 rings (SSSR count). The Balaban J connectivity index is 0.00000256. The van der Waals surface area contributed by atoms with Gasteiger partial charge in [-0.2, -0.15) is 0 Å². The largest absolute Gasteiger partial charge is 0.504 e. The predicted octanol–water partition coefficient (Wildman–Crippen LogP) is 2.87. The topological polar surface area (TPSA) is 55.5 Å². The van der Waals surface area contributed by atoms with Gasteiger partial charge < -0.3 is 15.6 Å². The fourth-order valence-electron chi connectivity index (χ4n) is 1.36. The van der Waals surface area contributed by atoms with E-state index in [-0.39, 0.29) is 23.9 Å². The minimum atomic E-state index is -2.45. The van der Waals surface area contributed by atoms with Crippen LogP contribution in [0.15, 0.2) is 18.2 Å². The Bertz CT molecular complexity index is 350. The minimum absolute atomic E-state index is 0. The summed E-state index contributed by atoms with van der Waals surface area (Å²) in [5.74, 6) is 0.250. The first kappa shape index (κ1) is 15.9. The van der Waals surface area contributed by atoms with Crippen LogP contribution in [-0.2, 0) is 0 Å². The molecule has 1 aromatic carbocycles. The standard InChI is InChI=1S/C11H15F2NO2.ClH/c1-2-16-10-5-7(3-4-9(10)15)8(14)6-11(12)13;/h3-5,8,11,15H,2,6,14H2,1H3;1H/t8-;/m0./s1. The molecule has 6 heteroatoms. The van der Waals surface area contributed by atoms with Crippen molar-refractivity contribution in [1.82, 2.24) is 0 Å². The number of alkyl halides is 2. The van der Waals surface area contributed by atoms with Gasteiger partial charge >= 0.3 is 0 Å². The summed E-state index contributed by atoms with van der Waals surface area (Å²) in [5, 5.41) is 9.42. The summed E-state index contributed by atoms with van der Waals surface area (Å²) < 4.78 is 29.4. The fraction of sp³-hybridized carbons (Fsp3) is 0.455. The van der Waals surface area contributed by atoms with E-state index >= 15 is 0 Å². The molecule has 1 aromatic rings. The average molecular weight is 268 g/mol. The highest BCUT2D eigenvalue weighted by Crippen LogP contribution is 2.30. The molecule has 1 atom stereocenters. The number of phenolic OH excluding ortho intramolecular Hbond substituents is 1. The van der Waals surface area contributed by atoms with E-state index in [2.05, 4.69) is 0 Å². The highest BCUT2D eigenvalue weighted by molar-refractivity contribution is 5.85. The summed E-state index contributed by atoms with van der Waals surface area (Å²) in [5.41, 5.74) is 6.12. The Kier molecular flexibility index (Phi) is 6.83. The van der Waals surface area contributed by atoms with Gasteiger partial charge in [0.15, 0.2) is 11.5 Å². The number of aromatic hydroxyl groups is 1. The molecule has 3 N–H and O–H groups in total. The van der Waals surface area contributed by atoms with Crippen molar-refractivity contribution in [2.24, 2.45) is 5.73 Å². The Morgan fingerprint density at radius 2 is 2.06 bits per heavy atom. The molecule has 0 spiro atoms. The van der Waals surface area contributed by atoms with Gasteiger partial charge in [-0.1, -0.05) is 6.07 Å². The molecule has 0 aliphatic carbocycles. The number of rotatable bonds is 5. The third kappa shape index (κ3) is 4.75. The van der Waals surface area contributed by atoms with Gasteiger partial charge in [0, 0.05) is 12.5 Å². The van der Waals surface area contributed by atoms with Crippen molar-refractivity contribution in [3.05, 3.63) is 23.8 Å². The molecule has 0 aromatic heterocycles. The van der Waals surface area contributed by atoms with Crippen LogP contribution in [0.25, 0.3) is 0 Å². The summed E-state index contributed by atoms with van der Waals surface area (Å²) in [4.78, 5) is 0. The second-order valence-electron chi connectivity index (χ2n) is 3.39. The predicted molar refractivity (Wildman–Crippen MR) is 64.1 cm³/mol. The molecule has 3 nitrogen and oxygen atoms in total. The molecule has 0 radical (unpaired) electrons. The van der Waals surface area contributed by atoms with Crippen LogP contribution >= 0.6 is 12.4 Å². The summed E-state index contributed by atoms with van der Waals surface area (Å²) in [6.07, 6.45) is -2.85. The van der Waals surface area contributed by atoms with Crippen LogP contribution in [0.4, 0.5) is 8.78 Å². The van der Waals surface area contributed by atoms with Gasteiger partial charge in [-0.15, -0.1) is 12.4 Å². The monoisotopic (exact) mass is 267 g/mol. The lowest BCUT2D eigenvalue weighted by molar-refractivity contribution is 0.128. The molecule has 0 unspecified atom stereocenters. The van der Waals surface area contributed by atoms with Gasteiger partial charge in [-0.25, -0.2) is 8.78 Å². The van der Waals surface area contributed by atoms with Crippen molar-refractivity contribution in [2.75, 3.05) is 6.61 Å². The van der Waals surface area contributed by atoms with E-state index in [9.17, 15) is 13.9 Å². The first-order valence-corrected chi connectivity index (χ1v) is 5.04. The third-order valence-electron chi connectivity index (χ3n) is 2.14. The van der Waals surface area contributed by atoms with Gasteiger partial charge in [-0.3, -0.25) is 0 Å². The number of phenols is 1. The molecule has 0 aliphatic rings. The van der Waals surface area contributed by atoms with Gasteiger partial charge in [0.2, 0.25) is 6.43 Å². The van der Waals surface area contributed by atoms with E-state index in [1.54, 1.807) is 6.92 Å². The van der Waals surface area contributed by atoms with Crippen molar-refractivity contribution in [3.63, 3.8) is 0 Å². The maximum absolute atomic E-state index is 12.1. The Morgan fingerprint density at radius 3 is 2.59 bits per heavy atom. The number of nitrogens with two attached hydrogens (primary N) is 1. The third-order valence-corrected chi connectivity index (χ3v) is 2.14. The minimum Gasteiger partial charge on any atom is -0.504 e. The van der Waals surface area contributed by atoms with Crippen LogP contribution in [0, 0.1) is 0 Å².